The van der Waals surface area contributed by atoms with E-state index in [0.717, 1.165) is 6.42 Å². The van der Waals surface area contributed by atoms with E-state index in [2.05, 4.69) is 0 Å². The summed E-state index contributed by atoms with van der Waals surface area (Å²) >= 11 is 0. The number of carbonyl (C=O) groups is 1. The fourth-order valence-electron chi connectivity index (χ4n) is 4.62. The quantitative estimate of drug-likeness (QED) is 0.583. The molecule has 10 heteroatoms. The summed E-state index contributed by atoms with van der Waals surface area (Å²) in [4.78, 5) is 12.8. The summed E-state index contributed by atoms with van der Waals surface area (Å²) < 4.78 is 68.7. The van der Waals surface area contributed by atoms with Gasteiger partial charge in [0.2, 0.25) is 5.91 Å². The lowest BCUT2D eigenvalue weighted by molar-refractivity contribution is -0.257. The molecule has 0 aliphatic heterocycles. The minimum absolute atomic E-state index is 0.0220. The highest BCUT2D eigenvalue weighted by Crippen LogP contribution is 2.55. The number of aliphatic hydroxyl groups is 1. The highest BCUT2D eigenvalue weighted by molar-refractivity contribution is 7.90. The molecule has 6 nitrogen and oxygen atoms in total. The number of hydrogen-bond donors (Lipinski definition) is 2. The molecule has 2 saturated carbocycles. The Morgan fingerprint density at radius 1 is 1.28 bits per heavy atom. The van der Waals surface area contributed by atoms with Crippen LogP contribution in [-0.2, 0) is 19.6 Å². The summed E-state index contributed by atoms with van der Waals surface area (Å²) in [6.45, 7) is 7.47. The molecule has 29 heavy (non-hydrogen) atoms. The lowest BCUT2D eigenvalue weighted by Gasteiger charge is -2.53. The molecule has 1 amide bonds. The number of alkyl halides is 3. The summed E-state index contributed by atoms with van der Waals surface area (Å²) in [5, 5.41) is 10.6. The molecule has 4 atom stereocenters. The maximum atomic E-state index is 12.8. The van der Waals surface area contributed by atoms with Gasteiger partial charge in [0.25, 0.3) is 0 Å². The molecule has 2 rings (SSSR count). The van der Waals surface area contributed by atoms with Gasteiger partial charge in [-0.15, -0.1) is 0 Å². The van der Waals surface area contributed by atoms with Crippen molar-refractivity contribution in [1.82, 2.24) is 4.72 Å². The maximum Gasteiger partial charge on any atom is 0.516 e. The molecule has 0 radical (unpaired) electrons. The van der Waals surface area contributed by atoms with Gasteiger partial charge >= 0.3 is 15.5 Å². The summed E-state index contributed by atoms with van der Waals surface area (Å²) in [5.74, 6) is -1.10. The predicted octanol–water partition coefficient (Wildman–Crippen LogP) is 3.84. The largest absolute Gasteiger partial charge is 0.516 e. The second-order valence-electron chi connectivity index (χ2n) is 9.35. The van der Waals surface area contributed by atoms with Crippen molar-refractivity contribution >= 4 is 15.9 Å². The summed E-state index contributed by atoms with van der Waals surface area (Å²) in [7, 11) is -5.77. The topological polar surface area (TPSA) is 92.7 Å². The first-order valence-corrected chi connectivity index (χ1v) is 11.6. The first kappa shape index (κ1) is 24.4. The van der Waals surface area contributed by atoms with Crippen molar-refractivity contribution in [3.63, 3.8) is 0 Å². The third-order valence-electron chi connectivity index (χ3n) is 6.87. The molecule has 0 aromatic carbocycles. The Bertz CT molecular complexity index is 724. The van der Waals surface area contributed by atoms with Crippen LogP contribution in [0.25, 0.3) is 0 Å². The zero-order valence-electron chi connectivity index (χ0n) is 17.4. The molecule has 0 aromatic rings. The molecule has 0 saturated heterocycles. The molecule has 0 heterocycles. The predicted molar refractivity (Wildman–Crippen MR) is 101 cm³/mol. The number of carbonyl (C=O) groups excluding carboxylic acids is 1. The average molecular weight is 444 g/mol. The van der Waals surface area contributed by atoms with Crippen LogP contribution in [0, 0.1) is 16.7 Å². The van der Waals surface area contributed by atoms with E-state index in [1.54, 1.807) is 0 Å². The Kier molecular flexibility index (Phi) is 6.73. The van der Waals surface area contributed by atoms with E-state index in [-0.39, 0.29) is 12.3 Å². The van der Waals surface area contributed by atoms with E-state index in [0.29, 0.717) is 38.5 Å². The van der Waals surface area contributed by atoms with Crippen LogP contribution in [0.2, 0.25) is 0 Å². The van der Waals surface area contributed by atoms with Crippen molar-refractivity contribution in [2.24, 2.45) is 16.7 Å². The molecule has 4 unspecified atom stereocenters. The van der Waals surface area contributed by atoms with E-state index in [9.17, 15) is 31.5 Å². The van der Waals surface area contributed by atoms with Crippen molar-refractivity contribution in [2.45, 2.75) is 96.5 Å². The van der Waals surface area contributed by atoms with Gasteiger partial charge in [-0.25, -0.2) is 4.72 Å². The van der Waals surface area contributed by atoms with Gasteiger partial charge in [0, 0.05) is 5.41 Å². The number of halogens is 3. The molecule has 2 bridgehead atoms. The highest BCUT2D eigenvalue weighted by Gasteiger charge is 2.57. The van der Waals surface area contributed by atoms with Crippen LogP contribution in [0.5, 0.6) is 0 Å². The number of nitrogens with one attached hydrogen (secondary N) is 1. The fraction of sp³-hybridized carbons (Fsp3) is 0.947. The van der Waals surface area contributed by atoms with Gasteiger partial charge in [0.15, 0.2) is 6.29 Å². The average Bonchev–Trinajstić information content (AvgIpc) is 2.59. The number of hydrogen-bond acceptors (Lipinski definition) is 5. The Balaban J connectivity index is 2.33. The van der Waals surface area contributed by atoms with Crippen LogP contribution < -0.4 is 4.72 Å². The second kappa shape index (κ2) is 8.00. The molecular formula is C19H32F3NO5S. The van der Waals surface area contributed by atoms with Gasteiger partial charge in [0.1, 0.15) is 0 Å². The third-order valence-corrected chi connectivity index (χ3v) is 7.93. The molecule has 170 valence electrons. The molecule has 0 aromatic heterocycles. The monoisotopic (exact) mass is 443 g/mol. The van der Waals surface area contributed by atoms with Crippen molar-refractivity contribution in [3.05, 3.63) is 0 Å². The molecular weight excluding hydrogens is 411 g/mol. The summed E-state index contributed by atoms with van der Waals surface area (Å²) in [6.07, 6.45) is 2.71. The van der Waals surface area contributed by atoms with E-state index >= 15 is 0 Å². The number of amides is 1. The molecule has 2 aliphatic carbocycles. The van der Waals surface area contributed by atoms with Gasteiger partial charge in [-0.2, -0.15) is 21.6 Å². The van der Waals surface area contributed by atoms with Gasteiger partial charge in [-0.1, -0.05) is 40.5 Å². The SMILES string of the molecule is CCC1(OC(O)C(C)(C)CC)CC2CCCC(C(=O)NS(=O)(=O)C(F)(F)F)(C2)C1. The maximum absolute atomic E-state index is 12.8. The third kappa shape index (κ3) is 4.90. The van der Waals surface area contributed by atoms with Gasteiger partial charge < -0.3 is 9.84 Å². The van der Waals surface area contributed by atoms with Gasteiger partial charge in [-0.05, 0) is 44.4 Å². The first-order valence-electron chi connectivity index (χ1n) is 10.1. The Morgan fingerprint density at radius 3 is 2.41 bits per heavy atom. The van der Waals surface area contributed by atoms with E-state index in [1.807, 2.05) is 27.7 Å². The summed E-state index contributed by atoms with van der Waals surface area (Å²) in [6, 6.07) is 0. The van der Waals surface area contributed by atoms with Crippen molar-refractivity contribution < 1.29 is 36.2 Å². The summed E-state index contributed by atoms with van der Waals surface area (Å²) in [5.41, 5.74) is -8.24. The lowest BCUT2D eigenvalue weighted by Crippen LogP contribution is -2.57. The first-order chi connectivity index (χ1) is 13.1. The van der Waals surface area contributed by atoms with Crippen LogP contribution in [0.4, 0.5) is 13.2 Å². The number of ether oxygens (including phenoxy) is 1. The van der Waals surface area contributed by atoms with Gasteiger partial charge in [-0.3, -0.25) is 4.79 Å². The normalized spacial score (nSPS) is 31.9. The fourth-order valence-corrected chi connectivity index (χ4v) is 5.20. The zero-order chi connectivity index (χ0) is 22.3. The smallest absolute Gasteiger partial charge is 0.367 e. The number of sulfonamides is 1. The van der Waals surface area contributed by atoms with Crippen molar-refractivity contribution in [3.8, 4) is 0 Å². The molecule has 2 fully saturated rings. The van der Waals surface area contributed by atoms with Crippen molar-refractivity contribution in [1.29, 1.82) is 0 Å². The van der Waals surface area contributed by atoms with Crippen LogP contribution >= 0.6 is 0 Å². The zero-order valence-corrected chi connectivity index (χ0v) is 18.3. The minimum Gasteiger partial charge on any atom is -0.367 e. The van der Waals surface area contributed by atoms with Crippen LogP contribution in [0.15, 0.2) is 0 Å². The highest BCUT2D eigenvalue weighted by atomic mass is 32.2. The Labute approximate surface area is 170 Å². The number of rotatable bonds is 7. The molecule has 2 aliphatic rings. The number of fused-ring (bicyclic) bond motifs is 2. The van der Waals surface area contributed by atoms with E-state index < -0.39 is 44.2 Å². The minimum atomic E-state index is -5.77. The second-order valence-corrected chi connectivity index (χ2v) is 11.0. The lowest BCUT2D eigenvalue weighted by atomic mass is 9.56. The van der Waals surface area contributed by atoms with Crippen LogP contribution in [0.3, 0.4) is 0 Å². The van der Waals surface area contributed by atoms with E-state index in [4.69, 9.17) is 4.74 Å². The standard InChI is InChI=1S/C19H32F3NO5S/c1-5-16(3,4)15(25)28-18(6-2)11-13-8-7-9-17(10-13,12-18)14(24)23-29(26,27)19(20,21)22/h13,15,25H,5-12H2,1-4H3,(H,23,24). The molecule has 0 spiro atoms. The Hall–Kier alpha value is -0.870. The molecule has 2 N–H and O–H groups in total. The van der Waals surface area contributed by atoms with E-state index in [1.165, 1.54) is 4.72 Å². The van der Waals surface area contributed by atoms with Crippen LogP contribution in [-0.4, -0.2) is 36.8 Å². The Morgan fingerprint density at radius 2 is 1.90 bits per heavy atom. The van der Waals surface area contributed by atoms with Crippen molar-refractivity contribution in [2.75, 3.05) is 0 Å². The van der Waals surface area contributed by atoms with Crippen LogP contribution in [0.1, 0.15) is 79.1 Å². The van der Waals surface area contributed by atoms with Gasteiger partial charge in [0.05, 0.1) is 11.0 Å². The number of aliphatic hydroxyl groups excluding tert-OH is 1.